The number of ether oxygens (including phenoxy) is 2. The van der Waals surface area contributed by atoms with Gasteiger partial charge in [0.1, 0.15) is 11.5 Å². The summed E-state index contributed by atoms with van der Waals surface area (Å²) in [6, 6.07) is 12.7. The normalized spacial score (nSPS) is 10.4. The standard InChI is InChI=1S/C20H21N3O4/c1-26-15-9-14(10-16(11-15)27-2)20(25)23-22-19(24)8-7-13-12-21-18-6-4-3-5-17(13)18/h3-6,9-12,21H,7-8H2,1-2H3,(H,22,24)(H,23,25). The summed E-state index contributed by atoms with van der Waals surface area (Å²) in [4.78, 5) is 27.5. The van der Waals surface area contributed by atoms with E-state index in [4.69, 9.17) is 9.47 Å². The van der Waals surface area contributed by atoms with Gasteiger partial charge in [0, 0.05) is 35.2 Å². The second-order valence-corrected chi connectivity index (χ2v) is 5.96. The maximum absolute atomic E-state index is 12.3. The van der Waals surface area contributed by atoms with Crippen LogP contribution in [0.5, 0.6) is 11.5 Å². The number of aryl methyl sites for hydroxylation is 1. The van der Waals surface area contributed by atoms with E-state index >= 15 is 0 Å². The molecule has 3 N–H and O–H groups in total. The van der Waals surface area contributed by atoms with Crippen molar-refractivity contribution in [1.82, 2.24) is 15.8 Å². The molecule has 0 bridgehead atoms. The van der Waals surface area contributed by atoms with Gasteiger partial charge < -0.3 is 14.5 Å². The number of para-hydroxylation sites is 1. The van der Waals surface area contributed by atoms with Crippen molar-refractivity contribution in [3.63, 3.8) is 0 Å². The van der Waals surface area contributed by atoms with Crippen LogP contribution in [0.1, 0.15) is 22.3 Å². The van der Waals surface area contributed by atoms with Gasteiger partial charge in [0.05, 0.1) is 14.2 Å². The molecular formula is C20H21N3O4. The number of aromatic amines is 1. The number of hydrogen-bond donors (Lipinski definition) is 3. The second kappa shape index (κ2) is 8.27. The van der Waals surface area contributed by atoms with E-state index < -0.39 is 5.91 Å². The third kappa shape index (κ3) is 4.38. The first-order valence-electron chi connectivity index (χ1n) is 8.48. The van der Waals surface area contributed by atoms with Crippen molar-refractivity contribution in [3.05, 3.63) is 59.8 Å². The Kier molecular flexibility index (Phi) is 5.61. The van der Waals surface area contributed by atoms with Crippen molar-refractivity contribution in [3.8, 4) is 11.5 Å². The van der Waals surface area contributed by atoms with Crippen molar-refractivity contribution in [2.45, 2.75) is 12.8 Å². The number of benzene rings is 2. The number of fused-ring (bicyclic) bond motifs is 1. The molecule has 0 spiro atoms. The summed E-state index contributed by atoms with van der Waals surface area (Å²) < 4.78 is 10.3. The van der Waals surface area contributed by atoms with Crippen LogP contribution in [0.4, 0.5) is 0 Å². The maximum atomic E-state index is 12.3. The van der Waals surface area contributed by atoms with Crippen LogP contribution in [0.3, 0.4) is 0 Å². The Labute approximate surface area is 156 Å². The molecule has 0 radical (unpaired) electrons. The van der Waals surface area contributed by atoms with Gasteiger partial charge in [-0.05, 0) is 30.2 Å². The Morgan fingerprint density at radius 2 is 1.70 bits per heavy atom. The molecule has 0 aliphatic rings. The van der Waals surface area contributed by atoms with Crippen LogP contribution in [0, 0.1) is 0 Å². The molecule has 0 unspecified atom stereocenters. The molecule has 140 valence electrons. The summed E-state index contributed by atoms with van der Waals surface area (Å²) in [5, 5.41) is 1.10. The number of hydrazine groups is 1. The molecule has 0 aliphatic heterocycles. The topological polar surface area (TPSA) is 92.4 Å². The minimum absolute atomic E-state index is 0.254. The number of nitrogens with one attached hydrogen (secondary N) is 3. The lowest BCUT2D eigenvalue weighted by molar-refractivity contribution is -0.121. The summed E-state index contributed by atoms with van der Waals surface area (Å²) in [6.45, 7) is 0. The van der Waals surface area contributed by atoms with Crippen molar-refractivity contribution in [2.75, 3.05) is 14.2 Å². The third-order valence-corrected chi connectivity index (χ3v) is 4.23. The molecule has 2 aromatic carbocycles. The lowest BCUT2D eigenvalue weighted by atomic mass is 10.1. The predicted molar refractivity (Wildman–Crippen MR) is 102 cm³/mol. The highest BCUT2D eigenvalue weighted by molar-refractivity contribution is 5.96. The molecular weight excluding hydrogens is 346 g/mol. The molecule has 0 fully saturated rings. The van der Waals surface area contributed by atoms with Crippen LogP contribution in [0.2, 0.25) is 0 Å². The zero-order valence-electron chi connectivity index (χ0n) is 15.2. The minimum atomic E-state index is -0.451. The molecule has 27 heavy (non-hydrogen) atoms. The van der Waals surface area contributed by atoms with Crippen LogP contribution in [0.25, 0.3) is 10.9 Å². The predicted octanol–water partition coefficient (Wildman–Crippen LogP) is 2.58. The maximum Gasteiger partial charge on any atom is 0.269 e. The van der Waals surface area contributed by atoms with Gasteiger partial charge in [-0.25, -0.2) is 0 Å². The zero-order valence-corrected chi connectivity index (χ0v) is 15.2. The highest BCUT2D eigenvalue weighted by atomic mass is 16.5. The molecule has 1 aromatic heterocycles. The van der Waals surface area contributed by atoms with E-state index in [2.05, 4.69) is 15.8 Å². The van der Waals surface area contributed by atoms with Gasteiger partial charge >= 0.3 is 0 Å². The van der Waals surface area contributed by atoms with Gasteiger partial charge in [0.2, 0.25) is 5.91 Å². The van der Waals surface area contributed by atoms with E-state index in [-0.39, 0.29) is 12.3 Å². The Balaban J connectivity index is 1.55. The van der Waals surface area contributed by atoms with Crippen LogP contribution in [-0.4, -0.2) is 31.0 Å². The number of amides is 2. The Hall–Kier alpha value is -3.48. The monoisotopic (exact) mass is 367 g/mol. The molecule has 1 heterocycles. The molecule has 0 saturated carbocycles. The molecule has 7 heteroatoms. The largest absolute Gasteiger partial charge is 0.497 e. The summed E-state index contributed by atoms with van der Waals surface area (Å²) >= 11 is 0. The van der Waals surface area contributed by atoms with E-state index in [9.17, 15) is 9.59 Å². The zero-order chi connectivity index (χ0) is 19.2. The first-order chi connectivity index (χ1) is 13.1. The van der Waals surface area contributed by atoms with Gasteiger partial charge in [-0.3, -0.25) is 20.4 Å². The molecule has 3 rings (SSSR count). The van der Waals surface area contributed by atoms with Crippen molar-refractivity contribution in [1.29, 1.82) is 0 Å². The van der Waals surface area contributed by atoms with Crippen LogP contribution in [-0.2, 0) is 11.2 Å². The lowest BCUT2D eigenvalue weighted by Gasteiger charge is -2.10. The van der Waals surface area contributed by atoms with Crippen molar-refractivity contribution < 1.29 is 19.1 Å². The van der Waals surface area contributed by atoms with Gasteiger partial charge in [-0.15, -0.1) is 0 Å². The summed E-state index contributed by atoms with van der Waals surface area (Å²) in [5.74, 6) is 0.256. The van der Waals surface area contributed by atoms with E-state index in [1.165, 1.54) is 14.2 Å². The van der Waals surface area contributed by atoms with Crippen LogP contribution < -0.4 is 20.3 Å². The molecule has 0 saturated heterocycles. The Morgan fingerprint density at radius 1 is 1.00 bits per heavy atom. The average molecular weight is 367 g/mol. The van der Waals surface area contributed by atoms with Crippen LogP contribution in [0.15, 0.2) is 48.7 Å². The quantitative estimate of drug-likeness (QED) is 0.584. The lowest BCUT2D eigenvalue weighted by Crippen LogP contribution is -2.41. The number of H-pyrrole nitrogens is 1. The van der Waals surface area contributed by atoms with Gasteiger partial charge in [-0.2, -0.15) is 0 Å². The van der Waals surface area contributed by atoms with Gasteiger partial charge in [0.15, 0.2) is 0 Å². The number of rotatable bonds is 6. The van der Waals surface area contributed by atoms with Gasteiger partial charge in [-0.1, -0.05) is 18.2 Å². The first kappa shape index (κ1) is 18.3. The molecule has 7 nitrogen and oxygen atoms in total. The first-order valence-corrected chi connectivity index (χ1v) is 8.48. The number of carbonyl (C=O) groups is 2. The van der Waals surface area contributed by atoms with Crippen LogP contribution >= 0.6 is 0 Å². The van der Waals surface area contributed by atoms with Gasteiger partial charge in [0.25, 0.3) is 5.91 Å². The van der Waals surface area contributed by atoms with E-state index in [0.29, 0.717) is 23.5 Å². The highest BCUT2D eigenvalue weighted by Crippen LogP contribution is 2.22. The molecule has 3 aromatic rings. The molecule has 2 amide bonds. The summed E-state index contributed by atoms with van der Waals surface area (Å²) in [5.41, 5.74) is 7.26. The highest BCUT2D eigenvalue weighted by Gasteiger charge is 2.12. The Morgan fingerprint density at radius 3 is 2.41 bits per heavy atom. The van der Waals surface area contributed by atoms with E-state index in [1.807, 2.05) is 30.5 Å². The fourth-order valence-corrected chi connectivity index (χ4v) is 2.79. The smallest absolute Gasteiger partial charge is 0.269 e. The molecule has 0 atom stereocenters. The van der Waals surface area contributed by atoms with E-state index in [1.54, 1.807) is 18.2 Å². The Bertz CT molecular complexity index is 943. The van der Waals surface area contributed by atoms with Crippen molar-refractivity contribution >= 4 is 22.7 Å². The minimum Gasteiger partial charge on any atom is -0.497 e. The van der Waals surface area contributed by atoms with Crippen molar-refractivity contribution in [2.24, 2.45) is 0 Å². The number of hydrogen-bond acceptors (Lipinski definition) is 4. The number of aromatic nitrogens is 1. The van der Waals surface area contributed by atoms with E-state index in [0.717, 1.165) is 16.5 Å². The molecule has 0 aliphatic carbocycles. The number of methoxy groups -OCH3 is 2. The second-order valence-electron chi connectivity index (χ2n) is 5.96. The fraction of sp³-hybridized carbons (Fsp3) is 0.200. The fourth-order valence-electron chi connectivity index (χ4n) is 2.79. The summed E-state index contributed by atoms with van der Waals surface area (Å²) in [6.07, 6.45) is 2.72. The third-order valence-electron chi connectivity index (χ3n) is 4.23. The SMILES string of the molecule is COc1cc(OC)cc(C(=O)NNC(=O)CCc2c[nH]c3ccccc23)c1. The number of carbonyl (C=O) groups excluding carboxylic acids is 2. The summed E-state index contributed by atoms with van der Waals surface area (Å²) in [7, 11) is 3.01. The average Bonchev–Trinajstić information content (AvgIpc) is 3.13.